The number of imidazole rings is 1. The van der Waals surface area contributed by atoms with Gasteiger partial charge in [-0.05, 0) is 30.3 Å². The van der Waals surface area contributed by atoms with Gasteiger partial charge in [-0.3, -0.25) is 4.79 Å². The van der Waals surface area contributed by atoms with E-state index in [-0.39, 0.29) is 17.9 Å². The minimum absolute atomic E-state index is 0.0885. The molecule has 168 valence electrons. The molecule has 0 saturated carbocycles. The molecule has 3 heterocycles. The van der Waals surface area contributed by atoms with Crippen molar-refractivity contribution >= 4 is 61.1 Å². The van der Waals surface area contributed by atoms with Crippen LogP contribution in [0.4, 0.5) is 5.82 Å². The van der Waals surface area contributed by atoms with Crippen molar-refractivity contribution in [2.75, 3.05) is 25.6 Å². The summed E-state index contributed by atoms with van der Waals surface area (Å²) in [4.78, 5) is 29.7. The Morgan fingerprint density at radius 2 is 2.18 bits per heavy atom. The van der Waals surface area contributed by atoms with E-state index < -0.39 is 0 Å². The number of H-pyrrole nitrogens is 1. The third-order valence-electron chi connectivity index (χ3n) is 5.49. The largest absolute Gasteiger partial charge is 0.382 e. The van der Waals surface area contributed by atoms with Gasteiger partial charge in [0.2, 0.25) is 0 Å². The molecule has 0 radical (unpaired) electrons. The Morgan fingerprint density at radius 3 is 2.97 bits per heavy atom. The number of nitrogens with zero attached hydrogens (tertiary/aromatic N) is 3. The average molecular weight is 528 g/mol. The molecule has 2 aromatic heterocycles. The molecule has 1 aliphatic rings. The summed E-state index contributed by atoms with van der Waals surface area (Å²) >= 11 is 10.0. The number of Topliss-reactive ketones (excluding diaryl/α,β-unsaturated/α-hetero) is 1. The molecular weight excluding hydrogens is 508 g/mol. The first-order valence-electron chi connectivity index (χ1n) is 10.3. The summed E-state index contributed by atoms with van der Waals surface area (Å²) in [7, 11) is 1.63. The Hall–Kier alpha value is -2.85. The number of ether oxygens (including phenoxy) is 1. The van der Waals surface area contributed by atoms with Gasteiger partial charge in [0.15, 0.2) is 5.78 Å². The zero-order valence-corrected chi connectivity index (χ0v) is 19.9. The van der Waals surface area contributed by atoms with Crippen LogP contribution in [0.15, 0.2) is 53.3 Å². The van der Waals surface area contributed by atoms with Crippen molar-refractivity contribution in [3.63, 3.8) is 0 Å². The molecule has 2 atom stereocenters. The molecule has 4 aromatic rings. The van der Waals surface area contributed by atoms with Gasteiger partial charge in [0.05, 0.1) is 34.2 Å². The number of carbonyl (C=O) groups excluding carboxylic acids is 1. The Labute approximate surface area is 202 Å². The second-order valence-corrected chi connectivity index (χ2v) is 9.01. The molecule has 0 spiro atoms. The van der Waals surface area contributed by atoms with Crippen LogP contribution in [-0.4, -0.2) is 52.0 Å². The molecule has 2 aromatic carbocycles. The van der Waals surface area contributed by atoms with Crippen molar-refractivity contribution < 1.29 is 9.53 Å². The number of aromatic nitrogens is 4. The highest BCUT2D eigenvalue weighted by Gasteiger charge is 2.23. The fraction of sp³-hybridized carbons (Fsp3) is 0.217. The molecule has 1 aliphatic heterocycles. The maximum atomic E-state index is 12.9. The monoisotopic (exact) mass is 526 g/mol. The van der Waals surface area contributed by atoms with E-state index in [1.165, 1.54) is 6.33 Å². The van der Waals surface area contributed by atoms with Crippen LogP contribution in [0.5, 0.6) is 0 Å². The molecular formula is C23H20BrClN6O2. The van der Waals surface area contributed by atoms with Crippen LogP contribution in [-0.2, 0) is 4.74 Å². The highest BCUT2D eigenvalue weighted by Crippen LogP contribution is 2.30. The molecule has 0 bridgehead atoms. The summed E-state index contributed by atoms with van der Waals surface area (Å²) < 4.78 is 6.39. The maximum absolute atomic E-state index is 12.9. The van der Waals surface area contributed by atoms with Gasteiger partial charge >= 0.3 is 0 Å². The first-order chi connectivity index (χ1) is 16.0. The number of anilines is 1. The van der Waals surface area contributed by atoms with Crippen molar-refractivity contribution in [1.29, 1.82) is 0 Å². The lowest BCUT2D eigenvalue weighted by molar-refractivity contribution is 0.0968. The van der Waals surface area contributed by atoms with Crippen LogP contribution in [0, 0.1) is 0 Å². The number of benzene rings is 2. The van der Waals surface area contributed by atoms with Crippen molar-refractivity contribution in [2.24, 2.45) is 0 Å². The topological polar surface area (TPSA) is 105 Å². The van der Waals surface area contributed by atoms with E-state index in [0.717, 1.165) is 15.5 Å². The lowest BCUT2D eigenvalue weighted by atomic mass is 10.0. The molecule has 0 aliphatic carbocycles. The molecule has 5 rings (SSSR count). The van der Waals surface area contributed by atoms with Crippen LogP contribution >= 0.6 is 27.5 Å². The van der Waals surface area contributed by atoms with Crippen LogP contribution in [0.25, 0.3) is 21.9 Å². The van der Waals surface area contributed by atoms with Crippen molar-refractivity contribution in [1.82, 2.24) is 25.3 Å². The third-order valence-corrected chi connectivity index (χ3v) is 6.30. The summed E-state index contributed by atoms with van der Waals surface area (Å²) in [5.74, 6) is 1.20. The molecule has 0 fully saturated rings. The number of hydrogen-bond donors (Lipinski definition) is 3. The Bertz CT molecular complexity index is 1390. The van der Waals surface area contributed by atoms with Gasteiger partial charge < -0.3 is 20.4 Å². The minimum atomic E-state index is -0.376. The first kappa shape index (κ1) is 22.0. The number of fused-ring (bicyclic) bond motifs is 2. The van der Waals surface area contributed by atoms with E-state index >= 15 is 0 Å². The molecule has 33 heavy (non-hydrogen) atoms. The zero-order chi connectivity index (χ0) is 22.9. The van der Waals surface area contributed by atoms with E-state index in [1.54, 1.807) is 19.2 Å². The number of hydrogen-bond acceptors (Lipinski definition) is 7. The van der Waals surface area contributed by atoms with Crippen LogP contribution in [0.2, 0.25) is 5.02 Å². The normalized spacial score (nSPS) is 16.5. The number of carbonyl (C=O) groups is 1. The minimum Gasteiger partial charge on any atom is -0.382 e. The van der Waals surface area contributed by atoms with Gasteiger partial charge in [0.1, 0.15) is 24.0 Å². The first-order valence-corrected chi connectivity index (χ1v) is 11.5. The SMILES string of the molecule is COC[C@@H](Nc1ncnc2cc(C(=O)C3C=CCN3)c(Cl)cc12)c1nc2cc(Br)ccc2[nH]1. The predicted octanol–water partition coefficient (Wildman–Crippen LogP) is 4.43. The van der Waals surface area contributed by atoms with E-state index in [9.17, 15) is 4.79 Å². The molecule has 8 nitrogen and oxygen atoms in total. The summed E-state index contributed by atoms with van der Waals surface area (Å²) in [5.41, 5.74) is 2.81. The number of methoxy groups -OCH3 is 1. The predicted molar refractivity (Wildman–Crippen MR) is 132 cm³/mol. The van der Waals surface area contributed by atoms with Crippen LogP contribution in [0.3, 0.4) is 0 Å². The lowest BCUT2D eigenvalue weighted by Gasteiger charge is -2.18. The van der Waals surface area contributed by atoms with Crippen LogP contribution in [0.1, 0.15) is 22.2 Å². The Balaban J connectivity index is 1.50. The summed E-state index contributed by atoms with van der Waals surface area (Å²) in [6.07, 6.45) is 5.23. The molecule has 0 amide bonds. The summed E-state index contributed by atoms with van der Waals surface area (Å²) in [6, 6.07) is 8.64. The maximum Gasteiger partial charge on any atom is 0.185 e. The second-order valence-electron chi connectivity index (χ2n) is 7.69. The molecule has 3 N–H and O–H groups in total. The smallest absolute Gasteiger partial charge is 0.185 e. The lowest BCUT2D eigenvalue weighted by Crippen LogP contribution is -2.31. The van der Waals surface area contributed by atoms with Gasteiger partial charge in [0, 0.05) is 29.1 Å². The van der Waals surface area contributed by atoms with Gasteiger partial charge in [0.25, 0.3) is 0 Å². The van der Waals surface area contributed by atoms with Gasteiger partial charge in [-0.2, -0.15) is 0 Å². The fourth-order valence-electron chi connectivity index (χ4n) is 3.88. The Morgan fingerprint density at radius 1 is 1.30 bits per heavy atom. The van der Waals surface area contributed by atoms with Gasteiger partial charge in [-0.25, -0.2) is 15.0 Å². The molecule has 0 saturated heterocycles. The number of halogens is 2. The number of ketones is 1. The van der Waals surface area contributed by atoms with E-state index in [1.807, 2.05) is 30.4 Å². The highest BCUT2D eigenvalue weighted by atomic mass is 79.9. The third kappa shape index (κ3) is 4.37. The van der Waals surface area contributed by atoms with E-state index in [4.69, 9.17) is 21.3 Å². The van der Waals surface area contributed by atoms with Crippen molar-refractivity contribution in [3.05, 3.63) is 69.7 Å². The summed E-state index contributed by atoms with van der Waals surface area (Å²) in [5, 5.41) is 7.57. The second kappa shape index (κ2) is 9.18. The van der Waals surface area contributed by atoms with Crippen molar-refractivity contribution in [3.8, 4) is 0 Å². The van der Waals surface area contributed by atoms with Gasteiger partial charge in [-0.15, -0.1) is 0 Å². The Kier molecular flexibility index (Phi) is 6.11. The molecule has 1 unspecified atom stereocenters. The fourth-order valence-corrected chi connectivity index (χ4v) is 4.49. The quantitative estimate of drug-likeness (QED) is 0.241. The zero-order valence-electron chi connectivity index (χ0n) is 17.6. The number of nitrogens with one attached hydrogen (secondary N) is 3. The standard InChI is InChI=1S/C23H20BrClN6O2/c1-33-10-20(23-29-16-5-4-12(24)7-19(16)30-23)31-22-14-8-15(25)13(9-18(14)27-11-28-22)21(32)17-3-2-6-26-17/h2-5,7-9,11,17,20,26H,6,10H2,1H3,(H,29,30)(H,27,28,31)/t17?,20-/m1/s1. The van der Waals surface area contributed by atoms with Gasteiger partial charge in [-0.1, -0.05) is 39.7 Å². The summed E-state index contributed by atoms with van der Waals surface area (Å²) in [6.45, 7) is 1.02. The van der Waals surface area contributed by atoms with Crippen LogP contribution < -0.4 is 10.6 Å². The van der Waals surface area contributed by atoms with E-state index in [0.29, 0.717) is 46.3 Å². The number of aromatic amines is 1. The highest BCUT2D eigenvalue weighted by molar-refractivity contribution is 9.10. The number of rotatable bonds is 7. The average Bonchev–Trinajstić information content (AvgIpc) is 3.48. The molecule has 10 heteroatoms. The van der Waals surface area contributed by atoms with E-state index in [2.05, 4.69) is 41.5 Å². The van der Waals surface area contributed by atoms with Crippen molar-refractivity contribution in [2.45, 2.75) is 12.1 Å².